The fourth-order valence-electron chi connectivity index (χ4n) is 1.64. The lowest BCUT2D eigenvalue weighted by atomic mass is 9.99. The number of hydrogen-bond donors (Lipinski definition) is 1. The van der Waals surface area contributed by atoms with Gasteiger partial charge >= 0.3 is 5.97 Å². The second kappa shape index (κ2) is 5.17. The van der Waals surface area contributed by atoms with Gasteiger partial charge in [-0.25, -0.2) is 0 Å². The molecule has 0 bridgehead atoms. The van der Waals surface area contributed by atoms with Gasteiger partial charge < -0.3 is 9.84 Å². The van der Waals surface area contributed by atoms with Gasteiger partial charge in [0.25, 0.3) is 0 Å². The SMILES string of the molecule is CCc1ccc(C#N)c(CC(=O)O)c1OC. The molecule has 0 aliphatic carbocycles. The van der Waals surface area contributed by atoms with Gasteiger partial charge in [0.2, 0.25) is 0 Å². The van der Waals surface area contributed by atoms with Crippen molar-refractivity contribution < 1.29 is 14.6 Å². The maximum absolute atomic E-state index is 10.7. The van der Waals surface area contributed by atoms with E-state index >= 15 is 0 Å². The molecule has 16 heavy (non-hydrogen) atoms. The van der Waals surface area contributed by atoms with E-state index in [0.717, 1.165) is 12.0 Å². The number of carboxylic acids is 1. The Kier molecular flexibility index (Phi) is 3.90. The summed E-state index contributed by atoms with van der Waals surface area (Å²) in [6.45, 7) is 1.95. The Bertz CT molecular complexity index is 446. The average Bonchev–Trinajstić information content (AvgIpc) is 2.27. The average molecular weight is 219 g/mol. The number of aryl methyl sites for hydroxylation is 1. The zero-order valence-electron chi connectivity index (χ0n) is 9.28. The van der Waals surface area contributed by atoms with Gasteiger partial charge in [-0.1, -0.05) is 13.0 Å². The number of carboxylic acid groups (broad SMARTS) is 1. The van der Waals surface area contributed by atoms with Crippen molar-refractivity contribution in [1.82, 2.24) is 0 Å². The fourth-order valence-corrected chi connectivity index (χ4v) is 1.64. The van der Waals surface area contributed by atoms with Crippen LogP contribution in [0.3, 0.4) is 0 Å². The molecule has 84 valence electrons. The maximum Gasteiger partial charge on any atom is 0.308 e. The monoisotopic (exact) mass is 219 g/mol. The molecular weight excluding hydrogens is 206 g/mol. The summed E-state index contributed by atoms with van der Waals surface area (Å²) >= 11 is 0. The Balaban J connectivity index is 3.37. The molecule has 0 aromatic heterocycles. The number of hydrogen-bond acceptors (Lipinski definition) is 3. The molecule has 1 aromatic rings. The van der Waals surface area contributed by atoms with E-state index in [1.165, 1.54) is 7.11 Å². The van der Waals surface area contributed by atoms with Crippen molar-refractivity contribution in [2.45, 2.75) is 19.8 Å². The fraction of sp³-hybridized carbons (Fsp3) is 0.333. The van der Waals surface area contributed by atoms with Crippen LogP contribution in [0.25, 0.3) is 0 Å². The molecular formula is C12H13NO3. The highest BCUT2D eigenvalue weighted by Crippen LogP contribution is 2.28. The number of carbonyl (C=O) groups is 1. The van der Waals surface area contributed by atoms with Crippen LogP contribution in [0, 0.1) is 11.3 Å². The highest BCUT2D eigenvalue weighted by molar-refractivity contribution is 5.73. The highest BCUT2D eigenvalue weighted by atomic mass is 16.5. The molecule has 0 amide bonds. The predicted octanol–water partition coefficient (Wildman–Crippen LogP) is 1.76. The normalized spacial score (nSPS) is 9.56. The first-order chi connectivity index (χ1) is 7.63. The molecule has 0 atom stereocenters. The van der Waals surface area contributed by atoms with E-state index < -0.39 is 5.97 Å². The lowest BCUT2D eigenvalue weighted by molar-refractivity contribution is -0.136. The third-order valence-corrected chi connectivity index (χ3v) is 2.38. The Morgan fingerprint density at radius 3 is 2.69 bits per heavy atom. The maximum atomic E-state index is 10.7. The molecule has 1 N–H and O–H groups in total. The Labute approximate surface area is 94.1 Å². The summed E-state index contributed by atoms with van der Waals surface area (Å²) in [5.74, 6) is -0.452. The van der Waals surface area contributed by atoms with E-state index in [2.05, 4.69) is 0 Å². The molecule has 0 radical (unpaired) electrons. The summed E-state index contributed by atoms with van der Waals surface area (Å²) in [4.78, 5) is 10.7. The first kappa shape index (κ1) is 12.1. The topological polar surface area (TPSA) is 70.3 Å². The van der Waals surface area contributed by atoms with Gasteiger partial charge in [-0.2, -0.15) is 5.26 Å². The summed E-state index contributed by atoms with van der Waals surface area (Å²) < 4.78 is 5.20. The molecule has 0 aliphatic rings. The van der Waals surface area contributed by atoms with Crippen LogP contribution in [-0.4, -0.2) is 18.2 Å². The third kappa shape index (κ3) is 2.31. The summed E-state index contributed by atoms with van der Waals surface area (Å²) in [6, 6.07) is 5.42. The van der Waals surface area contributed by atoms with Crippen molar-refractivity contribution in [3.05, 3.63) is 28.8 Å². The zero-order valence-corrected chi connectivity index (χ0v) is 9.28. The van der Waals surface area contributed by atoms with Crippen molar-refractivity contribution in [1.29, 1.82) is 5.26 Å². The van der Waals surface area contributed by atoms with Crippen molar-refractivity contribution in [3.63, 3.8) is 0 Å². The van der Waals surface area contributed by atoms with Crippen LogP contribution in [-0.2, 0) is 17.6 Å². The largest absolute Gasteiger partial charge is 0.496 e. The van der Waals surface area contributed by atoms with E-state index in [-0.39, 0.29) is 6.42 Å². The molecule has 0 heterocycles. The van der Waals surface area contributed by atoms with Gasteiger partial charge in [-0.3, -0.25) is 4.79 Å². The predicted molar refractivity (Wildman–Crippen MR) is 58.4 cm³/mol. The molecule has 1 aromatic carbocycles. The van der Waals surface area contributed by atoms with Crippen molar-refractivity contribution in [3.8, 4) is 11.8 Å². The second-order valence-corrected chi connectivity index (χ2v) is 3.32. The van der Waals surface area contributed by atoms with E-state index in [4.69, 9.17) is 15.1 Å². The van der Waals surface area contributed by atoms with Gasteiger partial charge in [-0.15, -0.1) is 0 Å². The quantitative estimate of drug-likeness (QED) is 0.837. The summed E-state index contributed by atoms with van der Waals surface area (Å²) in [7, 11) is 1.49. The van der Waals surface area contributed by atoms with E-state index in [1.54, 1.807) is 12.1 Å². The Morgan fingerprint density at radius 1 is 1.56 bits per heavy atom. The molecule has 4 nitrogen and oxygen atoms in total. The van der Waals surface area contributed by atoms with Gasteiger partial charge in [-0.05, 0) is 18.1 Å². The first-order valence-corrected chi connectivity index (χ1v) is 4.94. The van der Waals surface area contributed by atoms with Gasteiger partial charge in [0.05, 0.1) is 25.2 Å². The molecule has 0 aliphatic heterocycles. The van der Waals surface area contributed by atoms with Crippen LogP contribution in [0.5, 0.6) is 5.75 Å². The number of nitrogens with zero attached hydrogens (tertiary/aromatic N) is 1. The van der Waals surface area contributed by atoms with Crippen LogP contribution in [0.15, 0.2) is 12.1 Å². The zero-order chi connectivity index (χ0) is 12.1. The molecule has 0 unspecified atom stereocenters. The van der Waals surface area contributed by atoms with E-state index in [9.17, 15) is 4.79 Å². The van der Waals surface area contributed by atoms with Crippen LogP contribution in [0.1, 0.15) is 23.6 Å². The summed E-state index contributed by atoms with van der Waals surface area (Å²) in [5, 5.41) is 17.7. The molecule has 4 heteroatoms. The number of methoxy groups -OCH3 is 1. The number of benzene rings is 1. The minimum atomic E-state index is -0.969. The molecule has 0 saturated carbocycles. The molecule has 0 saturated heterocycles. The number of ether oxygens (including phenoxy) is 1. The number of nitriles is 1. The Morgan fingerprint density at radius 2 is 2.25 bits per heavy atom. The second-order valence-electron chi connectivity index (χ2n) is 3.32. The third-order valence-electron chi connectivity index (χ3n) is 2.38. The molecule has 0 fully saturated rings. The van der Waals surface area contributed by atoms with Crippen LogP contribution in [0.2, 0.25) is 0 Å². The molecule has 1 rings (SSSR count). The van der Waals surface area contributed by atoms with E-state index in [0.29, 0.717) is 16.9 Å². The van der Waals surface area contributed by atoms with Crippen LogP contribution >= 0.6 is 0 Å². The van der Waals surface area contributed by atoms with Gasteiger partial charge in [0.15, 0.2) is 0 Å². The molecule has 0 spiro atoms. The lowest BCUT2D eigenvalue weighted by Crippen LogP contribution is -2.06. The smallest absolute Gasteiger partial charge is 0.308 e. The van der Waals surface area contributed by atoms with Gasteiger partial charge in [0, 0.05) is 5.56 Å². The number of rotatable bonds is 4. The minimum absolute atomic E-state index is 0.195. The highest BCUT2D eigenvalue weighted by Gasteiger charge is 2.15. The number of aliphatic carboxylic acids is 1. The Hall–Kier alpha value is -2.02. The van der Waals surface area contributed by atoms with Crippen molar-refractivity contribution in [2.75, 3.05) is 7.11 Å². The first-order valence-electron chi connectivity index (χ1n) is 4.94. The van der Waals surface area contributed by atoms with Gasteiger partial charge in [0.1, 0.15) is 5.75 Å². The van der Waals surface area contributed by atoms with E-state index in [1.807, 2.05) is 13.0 Å². The van der Waals surface area contributed by atoms with Crippen LogP contribution in [0.4, 0.5) is 0 Å². The minimum Gasteiger partial charge on any atom is -0.496 e. The van der Waals surface area contributed by atoms with Crippen LogP contribution < -0.4 is 4.74 Å². The lowest BCUT2D eigenvalue weighted by Gasteiger charge is -2.12. The van der Waals surface area contributed by atoms with Crippen molar-refractivity contribution >= 4 is 5.97 Å². The summed E-state index contributed by atoms with van der Waals surface area (Å²) in [5.41, 5.74) is 1.73. The standard InChI is InChI=1S/C12H13NO3/c1-3-8-4-5-9(7-13)10(6-11(14)15)12(8)16-2/h4-5H,3,6H2,1-2H3,(H,14,15). The van der Waals surface area contributed by atoms with Crippen molar-refractivity contribution in [2.24, 2.45) is 0 Å². The summed E-state index contributed by atoms with van der Waals surface area (Å²) in [6.07, 6.45) is 0.543.